The molecular weight excluding hydrogens is 347 g/mol. The lowest BCUT2D eigenvalue weighted by atomic mass is 9.98. The van der Waals surface area contributed by atoms with Crippen LogP contribution in [-0.2, 0) is 16.2 Å². The minimum Gasteiger partial charge on any atom is -0.478 e. The van der Waals surface area contributed by atoms with Crippen LogP contribution in [0.1, 0.15) is 21.5 Å². The van der Waals surface area contributed by atoms with E-state index in [9.17, 15) is 26.4 Å². The normalized spacial score (nSPS) is 12.2. The number of carboxylic acids is 1. The first kappa shape index (κ1) is 18.0. The zero-order valence-corrected chi connectivity index (χ0v) is 13.1. The fraction of sp³-hybridized carbons (Fsp3) is 0.133. The van der Waals surface area contributed by atoms with Crippen LogP contribution in [0, 0.1) is 6.92 Å². The van der Waals surface area contributed by atoms with Gasteiger partial charge in [-0.2, -0.15) is 13.2 Å². The Hall–Kier alpha value is -2.39. The number of hydrogen-bond acceptors (Lipinski definition) is 3. The van der Waals surface area contributed by atoms with Gasteiger partial charge in [0.2, 0.25) is 10.0 Å². The predicted octanol–water partition coefficient (Wildman–Crippen LogP) is 3.03. The highest BCUT2D eigenvalue weighted by Crippen LogP contribution is 2.38. The van der Waals surface area contributed by atoms with Gasteiger partial charge in [0.1, 0.15) is 0 Å². The standard InChI is InChI=1S/C15H12F3NO4S/c1-8-2-4-9(5-3-8)10-6-12(15(16,17)18)11(14(20)21)7-13(10)24(19,22)23/h2-7H,1H3,(H,20,21)(H2,19,22,23). The molecule has 0 saturated heterocycles. The number of sulfonamides is 1. The number of aromatic carboxylic acids is 1. The van der Waals surface area contributed by atoms with E-state index in [2.05, 4.69) is 0 Å². The van der Waals surface area contributed by atoms with Gasteiger partial charge in [-0.3, -0.25) is 0 Å². The summed E-state index contributed by atoms with van der Waals surface area (Å²) in [6.07, 6.45) is -4.97. The molecule has 2 aromatic rings. The summed E-state index contributed by atoms with van der Waals surface area (Å²) in [5, 5.41) is 14.0. The van der Waals surface area contributed by atoms with Crippen molar-refractivity contribution in [3.63, 3.8) is 0 Å². The molecule has 0 radical (unpaired) electrons. The van der Waals surface area contributed by atoms with E-state index in [0.29, 0.717) is 12.1 Å². The summed E-state index contributed by atoms with van der Waals surface area (Å²) in [6.45, 7) is 1.75. The van der Waals surface area contributed by atoms with Crippen molar-refractivity contribution in [3.05, 3.63) is 53.1 Å². The third-order valence-corrected chi connectivity index (χ3v) is 4.28. The Morgan fingerprint density at radius 1 is 1.12 bits per heavy atom. The molecule has 0 spiro atoms. The molecule has 0 aliphatic heterocycles. The largest absolute Gasteiger partial charge is 0.478 e. The van der Waals surface area contributed by atoms with Crippen molar-refractivity contribution in [1.82, 2.24) is 0 Å². The van der Waals surface area contributed by atoms with Crippen LogP contribution in [0.5, 0.6) is 0 Å². The van der Waals surface area contributed by atoms with Crippen LogP contribution in [0.4, 0.5) is 13.2 Å². The second-order valence-corrected chi connectivity index (χ2v) is 6.64. The molecule has 0 amide bonds. The highest BCUT2D eigenvalue weighted by atomic mass is 32.2. The number of carbonyl (C=O) groups is 1. The Bertz CT molecular complexity index is 904. The average molecular weight is 359 g/mol. The third-order valence-electron chi connectivity index (χ3n) is 3.32. The van der Waals surface area contributed by atoms with E-state index in [1.807, 2.05) is 0 Å². The summed E-state index contributed by atoms with van der Waals surface area (Å²) in [5.74, 6) is -1.90. The van der Waals surface area contributed by atoms with Crippen molar-refractivity contribution in [2.75, 3.05) is 0 Å². The van der Waals surface area contributed by atoms with Crippen LogP contribution >= 0.6 is 0 Å². The van der Waals surface area contributed by atoms with Gasteiger partial charge >= 0.3 is 12.1 Å². The zero-order valence-electron chi connectivity index (χ0n) is 12.3. The van der Waals surface area contributed by atoms with Crippen LogP contribution in [0.2, 0.25) is 0 Å². The molecule has 0 aliphatic carbocycles. The van der Waals surface area contributed by atoms with Crippen molar-refractivity contribution in [1.29, 1.82) is 0 Å². The van der Waals surface area contributed by atoms with Gasteiger partial charge in [0.25, 0.3) is 0 Å². The molecule has 0 aliphatic rings. The number of carboxylic acid groups (broad SMARTS) is 1. The quantitative estimate of drug-likeness (QED) is 0.880. The summed E-state index contributed by atoms with van der Waals surface area (Å²) >= 11 is 0. The van der Waals surface area contributed by atoms with Gasteiger partial charge in [0.05, 0.1) is 16.0 Å². The highest BCUT2D eigenvalue weighted by molar-refractivity contribution is 7.89. The van der Waals surface area contributed by atoms with Gasteiger partial charge in [0.15, 0.2) is 0 Å². The molecule has 0 fully saturated rings. The molecule has 9 heteroatoms. The summed E-state index contributed by atoms with van der Waals surface area (Å²) < 4.78 is 62.9. The van der Waals surface area contributed by atoms with Gasteiger partial charge in [-0.1, -0.05) is 29.8 Å². The molecule has 2 aromatic carbocycles. The second kappa shape index (κ2) is 5.91. The number of nitrogens with two attached hydrogens (primary N) is 1. The number of rotatable bonds is 3. The van der Waals surface area contributed by atoms with Crippen LogP contribution in [0.15, 0.2) is 41.3 Å². The molecular formula is C15H12F3NO4S. The average Bonchev–Trinajstić information content (AvgIpc) is 2.44. The Morgan fingerprint density at radius 3 is 2.08 bits per heavy atom. The fourth-order valence-electron chi connectivity index (χ4n) is 2.19. The maximum Gasteiger partial charge on any atom is 0.417 e. The molecule has 24 heavy (non-hydrogen) atoms. The third kappa shape index (κ3) is 3.57. The van der Waals surface area contributed by atoms with E-state index in [-0.39, 0.29) is 11.1 Å². The Morgan fingerprint density at radius 2 is 1.67 bits per heavy atom. The molecule has 5 nitrogen and oxygen atoms in total. The Balaban J connectivity index is 2.91. The van der Waals surface area contributed by atoms with Gasteiger partial charge in [-0.05, 0) is 24.6 Å². The molecule has 0 aromatic heterocycles. The zero-order chi connectivity index (χ0) is 18.3. The number of benzene rings is 2. The van der Waals surface area contributed by atoms with E-state index in [1.165, 1.54) is 12.1 Å². The van der Waals surface area contributed by atoms with Gasteiger partial charge in [-0.15, -0.1) is 0 Å². The molecule has 0 atom stereocenters. The van der Waals surface area contributed by atoms with Crippen molar-refractivity contribution in [2.24, 2.45) is 5.14 Å². The van der Waals surface area contributed by atoms with Crippen LogP contribution < -0.4 is 5.14 Å². The monoisotopic (exact) mass is 359 g/mol. The summed E-state index contributed by atoms with van der Waals surface area (Å²) in [7, 11) is -4.44. The number of halogens is 3. The van der Waals surface area contributed by atoms with Crippen LogP contribution in [-0.4, -0.2) is 19.5 Å². The van der Waals surface area contributed by atoms with Crippen molar-refractivity contribution in [2.45, 2.75) is 18.0 Å². The van der Waals surface area contributed by atoms with Gasteiger partial charge in [0, 0.05) is 5.56 Å². The van der Waals surface area contributed by atoms with Crippen LogP contribution in [0.3, 0.4) is 0 Å². The molecule has 0 unspecified atom stereocenters. The summed E-state index contributed by atoms with van der Waals surface area (Å²) in [4.78, 5) is 10.4. The van der Waals surface area contributed by atoms with Gasteiger partial charge in [-0.25, -0.2) is 18.4 Å². The van der Waals surface area contributed by atoms with E-state index < -0.39 is 38.2 Å². The number of alkyl halides is 3. The predicted molar refractivity (Wildman–Crippen MR) is 79.9 cm³/mol. The molecule has 0 heterocycles. The number of aryl methyl sites for hydroxylation is 1. The van der Waals surface area contributed by atoms with Gasteiger partial charge < -0.3 is 5.11 Å². The first-order valence-corrected chi connectivity index (χ1v) is 8.04. The Labute approximate surface area is 135 Å². The lowest BCUT2D eigenvalue weighted by Crippen LogP contribution is -2.18. The second-order valence-electron chi connectivity index (χ2n) is 5.11. The van der Waals surface area contributed by atoms with E-state index in [0.717, 1.165) is 5.56 Å². The maximum absolute atomic E-state index is 13.2. The minimum absolute atomic E-state index is 0.173. The topological polar surface area (TPSA) is 97.5 Å². The smallest absolute Gasteiger partial charge is 0.417 e. The van der Waals surface area contributed by atoms with Crippen molar-refractivity contribution >= 4 is 16.0 Å². The maximum atomic E-state index is 13.2. The minimum atomic E-state index is -4.97. The fourth-order valence-corrected chi connectivity index (χ4v) is 2.95. The first-order chi connectivity index (χ1) is 10.9. The van der Waals surface area contributed by atoms with Crippen molar-refractivity contribution < 1.29 is 31.5 Å². The SMILES string of the molecule is Cc1ccc(-c2cc(C(F)(F)F)c(C(=O)O)cc2S(N)(=O)=O)cc1. The summed E-state index contributed by atoms with van der Waals surface area (Å²) in [6, 6.07) is 6.96. The Kier molecular flexibility index (Phi) is 4.42. The molecule has 0 saturated carbocycles. The lowest BCUT2D eigenvalue weighted by Gasteiger charge is -2.16. The summed E-state index contributed by atoms with van der Waals surface area (Å²) in [5.41, 5.74) is -1.95. The number of hydrogen-bond donors (Lipinski definition) is 2. The van der Waals surface area contributed by atoms with E-state index >= 15 is 0 Å². The van der Waals surface area contributed by atoms with Crippen molar-refractivity contribution in [3.8, 4) is 11.1 Å². The highest BCUT2D eigenvalue weighted by Gasteiger charge is 2.37. The molecule has 0 bridgehead atoms. The lowest BCUT2D eigenvalue weighted by molar-refractivity contribution is -0.138. The van der Waals surface area contributed by atoms with E-state index in [4.69, 9.17) is 10.2 Å². The van der Waals surface area contributed by atoms with Crippen LogP contribution in [0.25, 0.3) is 11.1 Å². The molecule has 128 valence electrons. The molecule has 3 N–H and O–H groups in total. The molecule has 2 rings (SSSR count). The number of primary sulfonamides is 1. The first-order valence-electron chi connectivity index (χ1n) is 6.49. The van der Waals surface area contributed by atoms with E-state index in [1.54, 1.807) is 19.1 Å².